The van der Waals surface area contributed by atoms with Crippen LogP contribution >= 0.6 is 15.6 Å². The molecule has 0 aliphatic carbocycles. The van der Waals surface area contributed by atoms with E-state index in [2.05, 4.69) is 48.5 Å². The van der Waals surface area contributed by atoms with Crippen molar-refractivity contribution in [3.8, 4) is 0 Å². The molecule has 0 spiro atoms. The fourth-order valence-corrected chi connectivity index (χ4v) is 13.7. The molecule has 3 N–H and O–H groups in total. The van der Waals surface area contributed by atoms with Gasteiger partial charge in [-0.05, 0) is 43.4 Å². The second-order valence-electron chi connectivity index (χ2n) is 29.6. The van der Waals surface area contributed by atoms with Crippen molar-refractivity contribution >= 4 is 39.5 Å². The number of esters is 4. The van der Waals surface area contributed by atoms with E-state index >= 15 is 0 Å². The maximum Gasteiger partial charge on any atom is 0.472 e. The number of carbonyl (C=O) groups excluding carboxylic acids is 4. The Morgan fingerprint density at radius 3 is 0.776 bits per heavy atom. The molecule has 0 aliphatic rings. The van der Waals surface area contributed by atoms with Gasteiger partial charge in [-0.15, -0.1) is 0 Å². The second kappa shape index (κ2) is 69.4. The molecule has 0 fully saturated rings. The number of ether oxygens (including phenoxy) is 4. The van der Waals surface area contributed by atoms with Gasteiger partial charge >= 0.3 is 39.5 Å². The molecule has 0 aromatic heterocycles. The third-order valence-corrected chi connectivity index (χ3v) is 20.6. The number of unbranched alkanes of at least 4 members (excludes halogenated alkanes) is 44. The number of carbonyl (C=O) groups is 4. The molecule has 98 heavy (non-hydrogen) atoms. The fraction of sp³-hybridized carbons (Fsp3) is 0.949. The number of hydrogen-bond acceptors (Lipinski definition) is 15. The Morgan fingerprint density at radius 1 is 0.296 bits per heavy atom. The number of rotatable bonds is 77. The quantitative estimate of drug-likeness (QED) is 0.0222. The van der Waals surface area contributed by atoms with Gasteiger partial charge in [0.15, 0.2) is 12.2 Å². The highest BCUT2D eigenvalue weighted by atomic mass is 31.2. The zero-order valence-corrected chi connectivity index (χ0v) is 66.0. The molecule has 6 atom stereocenters. The zero-order valence-electron chi connectivity index (χ0n) is 64.3. The highest BCUT2D eigenvalue weighted by molar-refractivity contribution is 7.47. The second-order valence-corrected chi connectivity index (χ2v) is 32.6. The summed E-state index contributed by atoms with van der Waals surface area (Å²) in [7, 11) is -9.92. The van der Waals surface area contributed by atoms with Crippen molar-refractivity contribution in [2.24, 2.45) is 17.8 Å². The minimum absolute atomic E-state index is 0.105. The molecule has 0 saturated heterocycles. The highest BCUT2D eigenvalue weighted by Gasteiger charge is 2.30. The van der Waals surface area contributed by atoms with Crippen molar-refractivity contribution in [2.75, 3.05) is 39.6 Å². The lowest BCUT2D eigenvalue weighted by atomic mass is 10.00. The number of aliphatic hydroxyl groups is 1. The molecule has 0 heterocycles. The molecule has 0 rings (SSSR count). The molecule has 17 nitrogen and oxygen atoms in total. The van der Waals surface area contributed by atoms with Gasteiger partial charge < -0.3 is 33.8 Å². The van der Waals surface area contributed by atoms with Crippen LogP contribution in [0.4, 0.5) is 0 Å². The maximum absolute atomic E-state index is 13.1. The van der Waals surface area contributed by atoms with Crippen molar-refractivity contribution in [1.29, 1.82) is 0 Å². The molecular formula is C79H154O17P2. The van der Waals surface area contributed by atoms with Gasteiger partial charge in [0.05, 0.1) is 26.4 Å². The summed E-state index contributed by atoms with van der Waals surface area (Å²) in [5.74, 6) is 0.171. The number of phosphoric ester groups is 2. The average molecular weight is 1440 g/mol. The van der Waals surface area contributed by atoms with Crippen molar-refractivity contribution in [1.82, 2.24) is 0 Å². The van der Waals surface area contributed by atoms with E-state index in [0.717, 1.165) is 114 Å². The Kier molecular flexibility index (Phi) is 68.1. The normalized spacial score (nSPS) is 14.3. The summed E-state index contributed by atoms with van der Waals surface area (Å²) in [6.45, 7) is 11.9. The summed E-state index contributed by atoms with van der Waals surface area (Å²) >= 11 is 0. The van der Waals surface area contributed by atoms with Crippen LogP contribution in [0.15, 0.2) is 0 Å². The van der Waals surface area contributed by atoms with Crippen molar-refractivity contribution in [3.63, 3.8) is 0 Å². The van der Waals surface area contributed by atoms with Crippen molar-refractivity contribution in [3.05, 3.63) is 0 Å². The lowest BCUT2D eigenvalue weighted by Crippen LogP contribution is -2.30. The van der Waals surface area contributed by atoms with Gasteiger partial charge in [-0.3, -0.25) is 37.3 Å². The summed E-state index contributed by atoms with van der Waals surface area (Å²) in [5.41, 5.74) is 0. The van der Waals surface area contributed by atoms with E-state index < -0.39 is 97.5 Å². The lowest BCUT2D eigenvalue weighted by molar-refractivity contribution is -0.161. The Hall–Kier alpha value is -1.94. The largest absolute Gasteiger partial charge is 0.472 e. The smallest absolute Gasteiger partial charge is 0.462 e. The van der Waals surface area contributed by atoms with Crippen LogP contribution in [0.3, 0.4) is 0 Å². The van der Waals surface area contributed by atoms with E-state index in [1.165, 1.54) is 212 Å². The minimum Gasteiger partial charge on any atom is -0.462 e. The maximum atomic E-state index is 13.1. The molecule has 3 unspecified atom stereocenters. The standard InChI is InChI=1S/C79H154O17P2/c1-8-10-11-12-13-14-15-16-17-18-21-24-27-33-38-46-53-60-76(81)89-66-74(95-78(83)62-55-48-39-34-28-25-22-19-20-23-26-31-36-43-50-57-70(3)4)68-93-97(85,86)91-64-73(80)65-92-98(87,88)94-69-75(67-90-77(82)61-54-47-42-41-45-52-59-72(7)9-2)96-79(84)63-56-49-40-35-30-29-32-37-44-51-58-71(5)6/h70-75,80H,8-69H2,1-7H3,(H,85,86)(H,87,88)/t72?,73-,74-,75-/m1/s1. The summed E-state index contributed by atoms with van der Waals surface area (Å²) in [5, 5.41) is 10.6. The van der Waals surface area contributed by atoms with E-state index in [1.807, 2.05) is 0 Å². The molecule has 0 aliphatic heterocycles. The monoisotopic (exact) mass is 1440 g/mol. The van der Waals surface area contributed by atoms with Crippen LogP contribution in [-0.2, 0) is 65.4 Å². The van der Waals surface area contributed by atoms with Crippen LogP contribution in [0.5, 0.6) is 0 Å². The lowest BCUT2D eigenvalue weighted by Gasteiger charge is -2.21. The van der Waals surface area contributed by atoms with E-state index in [4.69, 9.17) is 37.0 Å². The minimum atomic E-state index is -4.96. The van der Waals surface area contributed by atoms with Gasteiger partial charge in [-0.1, -0.05) is 357 Å². The van der Waals surface area contributed by atoms with Gasteiger partial charge in [-0.25, -0.2) is 9.13 Å². The summed E-state index contributed by atoms with van der Waals surface area (Å²) in [6.07, 6.45) is 56.9. The third-order valence-electron chi connectivity index (χ3n) is 18.7. The molecule has 0 saturated carbocycles. The van der Waals surface area contributed by atoms with Crippen molar-refractivity contribution in [2.45, 2.75) is 426 Å². The first-order chi connectivity index (χ1) is 47.3. The van der Waals surface area contributed by atoms with Crippen LogP contribution < -0.4 is 0 Å². The van der Waals surface area contributed by atoms with E-state index in [9.17, 15) is 43.2 Å². The topological polar surface area (TPSA) is 237 Å². The Balaban J connectivity index is 5.25. The average Bonchev–Trinajstić information content (AvgIpc) is 1.06. The summed E-state index contributed by atoms with van der Waals surface area (Å²) in [6, 6.07) is 0. The van der Waals surface area contributed by atoms with E-state index in [0.29, 0.717) is 25.7 Å². The van der Waals surface area contributed by atoms with Gasteiger partial charge in [0, 0.05) is 25.7 Å². The van der Waals surface area contributed by atoms with Crippen LogP contribution in [-0.4, -0.2) is 96.7 Å². The van der Waals surface area contributed by atoms with Gasteiger partial charge in [0.1, 0.15) is 19.3 Å². The van der Waals surface area contributed by atoms with Crippen LogP contribution in [0, 0.1) is 17.8 Å². The first kappa shape index (κ1) is 96.1. The van der Waals surface area contributed by atoms with Gasteiger partial charge in [0.25, 0.3) is 0 Å². The molecule has 0 aromatic rings. The van der Waals surface area contributed by atoms with Crippen LogP contribution in [0.25, 0.3) is 0 Å². The number of phosphoric acid groups is 2. The Morgan fingerprint density at radius 2 is 0.520 bits per heavy atom. The van der Waals surface area contributed by atoms with Gasteiger partial charge in [-0.2, -0.15) is 0 Å². The van der Waals surface area contributed by atoms with Crippen LogP contribution in [0.1, 0.15) is 408 Å². The molecule has 0 bridgehead atoms. The third kappa shape index (κ3) is 71.1. The molecule has 0 amide bonds. The molecule has 0 radical (unpaired) electrons. The first-order valence-electron chi connectivity index (χ1n) is 40.9. The molecular weight excluding hydrogens is 1280 g/mol. The number of hydrogen-bond donors (Lipinski definition) is 3. The fourth-order valence-electron chi connectivity index (χ4n) is 12.1. The Bertz CT molecular complexity index is 1910. The Labute approximate surface area is 600 Å². The first-order valence-corrected chi connectivity index (χ1v) is 43.9. The zero-order chi connectivity index (χ0) is 72.3. The van der Waals surface area contributed by atoms with Crippen molar-refractivity contribution < 1.29 is 80.2 Å². The van der Waals surface area contributed by atoms with E-state index in [-0.39, 0.29) is 25.7 Å². The predicted octanol–water partition coefficient (Wildman–Crippen LogP) is 23.4. The highest BCUT2D eigenvalue weighted by Crippen LogP contribution is 2.45. The molecule has 19 heteroatoms. The van der Waals surface area contributed by atoms with Gasteiger partial charge in [0.2, 0.25) is 0 Å². The SMILES string of the molecule is CCCCCCCCCCCCCCCCCCCC(=O)OC[C@H](COP(=O)(O)OC[C@@H](O)COP(=O)(O)OC[C@@H](COC(=O)CCCCCCCCC(C)CC)OC(=O)CCCCCCCCCCCCC(C)C)OC(=O)CCCCCCCCCCCCCCCCCC(C)C. The number of aliphatic hydroxyl groups excluding tert-OH is 1. The summed E-state index contributed by atoms with van der Waals surface area (Å²) < 4.78 is 68.6. The predicted molar refractivity (Wildman–Crippen MR) is 400 cm³/mol. The van der Waals surface area contributed by atoms with Crippen LogP contribution in [0.2, 0.25) is 0 Å². The molecule has 582 valence electrons. The molecule has 0 aromatic carbocycles. The van der Waals surface area contributed by atoms with E-state index in [1.54, 1.807) is 0 Å². The summed E-state index contributed by atoms with van der Waals surface area (Å²) in [4.78, 5) is 72.9.